The molecule has 0 spiro atoms. The lowest BCUT2D eigenvalue weighted by molar-refractivity contribution is 0.104. The summed E-state index contributed by atoms with van der Waals surface area (Å²) in [6, 6.07) is 19.1. The van der Waals surface area contributed by atoms with E-state index < -0.39 is 0 Å². The molecule has 140 valence electrons. The van der Waals surface area contributed by atoms with Gasteiger partial charge in [-0.05, 0) is 47.0 Å². The average Bonchev–Trinajstić information content (AvgIpc) is 3.25. The quantitative estimate of drug-likeness (QED) is 0.371. The molecule has 0 unspecified atom stereocenters. The molecule has 0 atom stereocenters. The van der Waals surface area contributed by atoms with E-state index >= 15 is 0 Å². The van der Waals surface area contributed by atoms with Crippen molar-refractivity contribution in [3.8, 4) is 22.6 Å². The van der Waals surface area contributed by atoms with Crippen LogP contribution in [0, 0.1) is 0 Å². The summed E-state index contributed by atoms with van der Waals surface area (Å²) >= 11 is 0. The van der Waals surface area contributed by atoms with Gasteiger partial charge in [-0.2, -0.15) is 0 Å². The van der Waals surface area contributed by atoms with Gasteiger partial charge >= 0.3 is 0 Å². The summed E-state index contributed by atoms with van der Waals surface area (Å²) in [6.45, 7) is 0.252. The van der Waals surface area contributed by atoms with Crippen molar-refractivity contribution in [2.45, 2.75) is 0 Å². The number of carbonyl (C=O) groups excluding carboxylic acids is 1. The predicted octanol–water partition coefficient (Wildman–Crippen LogP) is 4.92. The number of fused-ring (bicyclic) bond motifs is 2. The third-order valence-electron chi connectivity index (χ3n) is 4.80. The van der Waals surface area contributed by atoms with Gasteiger partial charge in [0.05, 0.1) is 11.0 Å². The van der Waals surface area contributed by atoms with Gasteiger partial charge in [-0.15, -0.1) is 0 Å². The second kappa shape index (κ2) is 7.20. The van der Waals surface area contributed by atoms with Gasteiger partial charge in [-0.25, -0.2) is 0 Å². The number of hydrogen-bond acceptors (Lipinski definition) is 5. The van der Waals surface area contributed by atoms with Gasteiger partial charge in [0.25, 0.3) is 0 Å². The molecule has 3 aromatic carbocycles. The van der Waals surface area contributed by atoms with Gasteiger partial charge in [-0.1, -0.05) is 42.5 Å². The van der Waals surface area contributed by atoms with Gasteiger partial charge in [0.15, 0.2) is 17.3 Å². The highest BCUT2D eigenvalue weighted by Gasteiger charge is 2.14. The van der Waals surface area contributed by atoms with E-state index in [9.17, 15) is 4.79 Å². The van der Waals surface area contributed by atoms with Crippen LogP contribution in [0.1, 0.15) is 15.9 Å². The van der Waals surface area contributed by atoms with E-state index in [-0.39, 0.29) is 12.6 Å². The summed E-state index contributed by atoms with van der Waals surface area (Å²) in [5, 5.41) is 0. The Labute approximate surface area is 167 Å². The van der Waals surface area contributed by atoms with E-state index in [2.05, 4.69) is 9.97 Å². The average molecular weight is 380 g/mol. The van der Waals surface area contributed by atoms with Crippen LogP contribution in [0.4, 0.5) is 0 Å². The van der Waals surface area contributed by atoms with Crippen LogP contribution in [0.2, 0.25) is 0 Å². The molecule has 0 amide bonds. The van der Waals surface area contributed by atoms with Crippen molar-refractivity contribution in [1.82, 2.24) is 9.97 Å². The monoisotopic (exact) mass is 380 g/mol. The molecule has 0 bridgehead atoms. The lowest BCUT2D eigenvalue weighted by Gasteiger charge is -2.04. The summed E-state index contributed by atoms with van der Waals surface area (Å²) in [4.78, 5) is 21.1. The molecule has 4 aromatic rings. The Balaban J connectivity index is 1.34. The van der Waals surface area contributed by atoms with Gasteiger partial charge in [0.2, 0.25) is 6.79 Å². The fourth-order valence-electron chi connectivity index (χ4n) is 3.26. The standard InChI is InChI=1S/C24H16N2O3/c27-22(9-2-16-1-8-20-21(13-16)26-12-11-25-20)18-5-3-17(4-6-18)19-7-10-23-24(14-19)29-15-28-23/h1-14H,15H2/b9-2+. The maximum absolute atomic E-state index is 12.5. The van der Waals surface area contributed by atoms with Crippen LogP contribution in [-0.4, -0.2) is 22.5 Å². The number of carbonyl (C=O) groups is 1. The Morgan fingerprint density at radius 1 is 0.793 bits per heavy atom. The molecule has 1 aromatic heterocycles. The van der Waals surface area contributed by atoms with E-state index in [0.29, 0.717) is 5.56 Å². The first kappa shape index (κ1) is 17.1. The normalized spacial score (nSPS) is 12.6. The number of nitrogens with zero attached hydrogens (tertiary/aromatic N) is 2. The Morgan fingerprint density at radius 3 is 2.41 bits per heavy atom. The van der Waals surface area contributed by atoms with Gasteiger partial charge < -0.3 is 9.47 Å². The van der Waals surface area contributed by atoms with E-state index in [0.717, 1.165) is 39.2 Å². The van der Waals surface area contributed by atoms with Crippen molar-refractivity contribution in [3.63, 3.8) is 0 Å². The smallest absolute Gasteiger partial charge is 0.231 e. The van der Waals surface area contributed by atoms with E-state index in [4.69, 9.17) is 9.47 Å². The van der Waals surface area contributed by atoms with Crippen LogP contribution < -0.4 is 9.47 Å². The molecule has 5 heteroatoms. The third kappa shape index (κ3) is 3.46. The number of rotatable bonds is 4. The first-order chi connectivity index (χ1) is 14.3. The third-order valence-corrected chi connectivity index (χ3v) is 4.80. The Morgan fingerprint density at radius 2 is 1.55 bits per heavy atom. The molecule has 0 fully saturated rings. The minimum atomic E-state index is -0.0542. The summed E-state index contributed by atoms with van der Waals surface area (Å²) < 4.78 is 10.8. The number of hydrogen-bond donors (Lipinski definition) is 0. The number of aromatic nitrogens is 2. The van der Waals surface area contributed by atoms with E-state index in [1.54, 1.807) is 24.5 Å². The molecule has 0 saturated carbocycles. The molecular formula is C24H16N2O3. The topological polar surface area (TPSA) is 61.3 Å². The molecule has 1 aliphatic heterocycles. The minimum Gasteiger partial charge on any atom is -0.454 e. The molecular weight excluding hydrogens is 364 g/mol. The molecule has 2 heterocycles. The van der Waals surface area contributed by atoms with Crippen molar-refractivity contribution < 1.29 is 14.3 Å². The van der Waals surface area contributed by atoms with Crippen molar-refractivity contribution >= 4 is 22.9 Å². The Bertz CT molecular complexity index is 1250. The number of ether oxygens (including phenoxy) is 2. The Kier molecular flexibility index (Phi) is 4.26. The van der Waals surface area contributed by atoms with E-state index in [1.165, 1.54) is 0 Å². The predicted molar refractivity (Wildman–Crippen MR) is 111 cm³/mol. The summed E-state index contributed by atoms with van der Waals surface area (Å²) in [5.74, 6) is 1.44. The maximum Gasteiger partial charge on any atom is 0.231 e. The Hall–Kier alpha value is -3.99. The zero-order chi connectivity index (χ0) is 19.6. The van der Waals surface area contributed by atoms with Crippen molar-refractivity contribution in [1.29, 1.82) is 0 Å². The first-order valence-corrected chi connectivity index (χ1v) is 9.19. The highest BCUT2D eigenvalue weighted by atomic mass is 16.7. The largest absolute Gasteiger partial charge is 0.454 e. The van der Waals surface area contributed by atoms with Gasteiger partial charge in [0, 0.05) is 18.0 Å². The highest BCUT2D eigenvalue weighted by Crippen LogP contribution is 2.35. The van der Waals surface area contributed by atoms with Crippen LogP contribution in [0.25, 0.3) is 28.2 Å². The number of allylic oxidation sites excluding steroid dienone is 1. The van der Waals surface area contributed by atoms with Gasteiger partial charge in [0.1, 0.15) is 0 Å². The van der Waals surface area contributed by atoms with Crippen LogP contribution in [0.3, 0.4) is 0 Å². The molecule has 1 aliphatic rings. The molecule has 0 aliphatic carbocycles. The lowest BCUT2D eigenvalue weighted by Crippen LogP contribution is -1.94. The molecule has 5 rings (SSSR count). The van der Waals surface area contributed by atoms with Crippen LogP contribution in [0.15, 0.2) is 79.1 Å². The second-order valence-electron chi connectivity index (χ2n) is 6.65. The number of ketones is 1. The van der Waals surface area contributed by atoms with E-state index in [1.807, 2.05) is 60.7 Å². The summed E-state index contributed by atoms with van der Waals surface area (Å²) in [7, 11) is 0. The minimum absolute atomic E-state index is 0.0542. The first-order valence-electron chi connectivity index (χ1n) is 9.19. The maximum atomic E-state index is 12.5. The fourth-order valence-corrected chi connectivity index (χ4v) is 3.26. The molecule has 5 nitrogen and oxygen atoms in total. The fraction of sp³-hybridized carbons (Fsp3) is 0.0417. The molecule has 0 radical (unpaired) electrons. The second-order valence-corrected chi connectivity index (χ2v) is 6.65. The van der Waals surface area contributed by atoms with Crippen LogP contribution >= 0.6 is 0 Å². The van der Waals surface area contributed by atoms with Crippen molar-refractivity contribution in [3.05, 3.63) is 90.3 Å². The zero-order valence-electron chi connectivity index (χ0n) is 15.4. The zero-order valence-corrected chi connectivity index (χ0v) is 15.4. The van der Waals surface area contributed by atoms with Gasteiger partial charge in [-0.3, -0.25) is 14.8 Å². The summed E-state index contributed by atoms with van der Waals surface area (Å²) in [5.41, 5.74) is 5.19. The van der Waals surface area contributed by atoms with Crippen LogP contribution in [0.5, 0.6) is 11.5 Å². The molecule has 0 N–H and O–H groups in total. The SMILES string of the molecule is O=C(/C=C/c1ccc2nccnc2c1)c1ccc(-c2ccc3c(c2)OCO3)cc1. The highest BCUT2D eigenvalue weighted by molar-refractivity contribution is 6.07. The molecule has 0 saturated heterocycles. The van der Waals surface area contributed by atoms with Crippen LogP contribution in [-0.2, 0) is 0 Å². The van der Waals surface area contributed by atoms with Crippen molar-refractivity contribution in [2.24, 2.45) is 0 Å². The molecule has 29 heavy (non-hydrogen) atoms. The summed E-state index contributed by atoms with van der Waals surface area (Å²) in [6.07, 6.45) is 6.69. The van der Waals surface area contributed by atoms with Crippen molar-refractivity contribution in [2.75, 3.05) is 6.79 Å². The number of benzene rings is 3. The lowest BCUT2D eigenvalue weighted by atomic mass is 10.0.